The number of rotatable bonds is 4. The third-order valence-corrected chi connectivity index (χ3v) is 6.92. The number of benzene rings is 3. The molecule has 152 valence electrons. The molecule has 2 aromatic heterocycles. The van der Waals surface area contributed by atoms with Crippen LogP contribution in [0.1, 0.15) is 0 Å². The molecular weight excluding hydrogens is 408 g/mol. The van der Waals surface area contributed by atoms with Gasteiger partial charge in [0.15, 0.2) is 0 Å². The third kappa shape index (κ3) is 3.37. The molecule has 3 aromatic carbocycles. The fourth-order valence-electron chi connectivity index (χ4n) is 3.68. The molecule has 5 nitrogen and oxygen atoms in total. The van der Waals surface area contributed by atoms with Gasteiger partial charge in [0.2, 0.25) is 0 Å². The molecule has 0 bridgehead atoms. The van der Waals surface area contributed by atoms with Crippen molar-refractivity contribution in [1.82, 2.24) is 8.96 Å². The van der Waals surface area contributed by atoms with Gasteiger partial charge >= 0.3 is 0 Å². The standard InChI is InChI=1S/C25H18N2O3S/c28-22-12-10-18(11-13-22)20-14-21(17-26-16-20)25-15-19-6-4-5-9-24(19)27(25)31(29,30)23-7-2-1-3-8-23/h1-17,28H. The van der Waals surface area contributed by atoms with Crippen molar-refractivity contribution < 1.29 is 13.5 Å². The minimum absolute atomic E-state index is 0.182. The highest BCUT2D eigenvalue weighted by Gasteiger charge is 2.24. The zero-order valence-corrected chi connectivity index (χ0v) is 17.2. The second-order valence-electron chi connectivity index (χ2n) is 7.18. The fourth-order valence-corrected chi connectivity index (χ4v) is 5.23. The first-order valence-corrected chi connectivity index (χ1v) is 11.1. The Kier molecular flexibility index (Phi) is 4.56. The second-order valence-corrected chi connectivity index (χ2v) is 8.97. The van der Waals surface area contributed by atoms with Crippen molar-refractivity contribution in [3.63, 3.8) is 0 Å². The van der Waals surface area contributed by atoms with Gasteiger partial charge in [-0.25, -0.2) is 12.4 Å². The summed E-state index contributed by atoms with van der Waals surface area (Å²) in [4.78, 5) is 4.58. The van der Waals surface area contributed by atoms with Gasteiger partial charge in [0.25, 0.3) is 10.0 Å². The van der Waals surface area contributed by atoms with Crippen LogP contribution in [0.3, 0.4) is 0 Å². The Hall–Kier alpha value is -3.90. The maximum Gasteiger partial charge on any atom is 0.268 e. The Morgan fingerprint density at radius 2 is 1.39 bits per heavy atom. The summed E-state index contributed by atoms with van der Waals surface area (Å²) in [7, 11) is -3.83. The van der Waals surface area contributed by atoms with Gasteiger partial charge < -0.3 is 5.11 Å². The highest BCUT2D eigenvalue weighted by Crippen LogP contribution is 2.33. The van der Waals surface area contributed by atoms with Crippen molar-refractivity contribution in [1.29, 1.82) is 0 Å². The molecule has 2 heterocycles. The Balaban J connectivity index is 1.74. The maximum absolute atomic E-state index is 13.6. The van der Waals surface area contributed by atoms with Gasteiger partial charge in [-0.05, 0) is 48.0 Å². The molecule has 0 fully saturated rings. The van der Waals surface area contributed by atoms with Gasteiger partial charge in [0.1, 0.15) is 5.75 Å². The number of pyridine rings is 1. The molecule has 0 radical (unpaired) electrons. The number of aromatic hydroxyl groups is 1. The number of hydrogen-bond acceptors (Lipinski definition) is 4. The van der Waals surface area contributed by atoms with E-state index in [1.54, 1.807) is 73.1 Å². The lowest BCUT2D eigenvalue weighted by atomic mass is 10.0. The number of nitrogens with zero attached hydrogens (tertiary/aromatic N) is 2. The normalized spacial score (nSPS) is 11.6. The van der Waals surface area contributed by atoms with Gasteiger partial charge in [-0.15, -0.1) is 0 Å². The van der Waals surface area contributed by atoms with Crippen LogP contribution in [0.15, 0.2) is 108 Å². The summed E-state index contributed by atoms with van der Waals surface area (Å²) in [5, 5.41) is 10.4. The Labute approximate surface area is 179 Å². The summed E-state index contributed by atoms with van der Waals surface area (Å²) in [6, 6.07) is 26.4. The summed E-state index contributed by atoms with van der Waals surface area (Å²) in [5.74, 6) is 0.182. The topological polar surface area (TPSA) is 72.2 Å². The van der Waals surface area contributed by atoms with Crippen molar-refractivity contribution in [3.8, 4) is 28.1 Å². The van der Waals surface area contributed by atoms with E-state index in [1.807, 2.05) is 30.3 Å². The van der Waals surface area contributed by atoms with Crippen LogP contribution in [-0.4, -0.2) is 22.5 Å². The number of aromatic nitrogens is 2. The lowest BCUT2D eigenvalue weighted by Crippen LogP contribution is -2.14. The smallest absolute Gasteiger partial charge is 0.268 e. The zero-order valence-electron chi connectivity index (χ0n) is 16.4. The molecular formula is C25H18N2O3S. The van der Waals surface area contributed by atoms with Crippen molar-refractivity contribution >= 4 is 20.9 Å². The van der Waals surface area contributed by atoms with E-state index in [-0.39, 0.29) is 10.6 Å². The Bertz CT molecular complexity index is 1490. The average Bonchev–Trinajstić information content (AvgIpc) is 3.21. The van der Waals surface area contributed by atoms with E-state index in [0.717, 1.165) is 16.5 Å². The third-order valence-electron chi connectivity index (χ3n) is 5.18. The van der Waals surface area contributed by atoms with Crippen molar-refractivity contribution in [2.75, 3.05) is 0 Å². The molecule has 0 aliphatic heterocycles. The monoisotopic (exact) mass is 426 g/mol. The van der Waals surface area contributed by atoms with Crippen molar-refractivity contribution in [2.45, 2.75) is 4.90 Å². The van der Waals surface area contributed by atoms with Gasteiger partial charge in [-0.1, -0.05) is 48.5 Å². The number of para-hydroxylation sites is 1. The lowest BCUT2D eigenvalue weighted by molar-refractivity contribution is 0.475. The maximum atomic E-state index is 13.6. The molecule has 0 aliphatic carbocycles. The van der Waals surface area contributed by atoms with E-state index < -0.39 is 10.0 Å². The largest absolute Gasteiger partial charge is 0.508 e. The van der Waals surface area contributed by atoms with Crippen molar-refractivity contribution in [3.05, 3.63) is 103 Å². The van der Waals surface area contributed by atoms with Crippen LogP contribution in [-0.2, 0) is 10.0 Å². The van der Waals surface area contributed by atoms with E-state index in [9.17, 15) is 13.5 Å². The van der Waals surface area contributed by atoms with Crippen LogP contribution in [0.2, 0.25) is 0 Å². The van der Waals surface area contributed by atoms with Crippen LogP contribution in [0.25, 0.3) is 33.3 Å². The van der Waals surface area contributed by atoms with Crippen molar-refractivity contribution in [2.24, 2.45) is 0 Å². The summed E-state index contributed by atoms with van der Waals surface area (Å²) in [6.07, 6.45) is 3.38. The predicted molar refractivity (Wildman–Crippen MR) is 121 cm³/mol. The van der Waals surface area contributed by atoms with Crippen LogP contribution in [0, 0.1) is 0 Å². The molecule has 1 N–H and O–H groups in total. The molecule has 0 atom stereocenters. The lowest BCUT2D eigenvalue weighted by Gasteiger charge is -2.13. The highest BCUT2D eigenvalue weighted by molar-refractivity contribution is 7.90. The summed E-state index contributed by atoms with van der Waals surface area (Å²) < 4.78 is 28.6. The average molecular weight is 426 g/mol. The summed E-state index contributed by atoms with van der Waals surface area (Å²) >= 11 is 0. The molecule has 0 spiro atoms. The SMILES string of the molecule is O=S(=O)(c1ccccc1)n1c(-c2cncc(-c3ccc(O)cc3)c2)cc2ccccc21. The summed E-state index contributed by atoms with van der Waals surface area (Å²) in [5.41, 5.74) is 3.53. The molecule has 0 aliphatic rings. The molecule has 0 saturated carbocycles. The van der Waals surface area contributed by atoms with E-state index in [4.69, 9.17) is 0 Å². The predicted octanol–water partition coefficient (Wildman–Crippen LogP) is 5.31. The Morgan fingerprint density at radius 3 is 2.16 bits per heavy atom. The first-order chi connectivity index (χ1) is 15.0. The number of phenols is 1. The van der Waals surface area contributed by atoms with Crippen LogP contribution < -0.4 is 0 Å². The van der Waals surface area contributed by atoms with Crippen LogP contribution >= 0.6 is 0 Å². The van der Waals surface area contributed by atoms with E-state index in [0.29, 0.717) is 16.8 Å². The van der Waals surface area contributed by atoms with Gasteiger partial charge in [0, 0.05) is 28.9 Å². The van der Waals surface area contributed by atoms with Gasteiger partial charge in [-0.3, -0.25) is 4.98 Å². The Morgan fingerprint density at radius 1 is 0.710 bits per heavy atom. The molecule has 5 aromatic rings. The molecule has 31 heavy (non-hydrogen) atoms. The molecule has 6 heteroatoms. The van der Waals surface area contributed by atoms with Gasteiger partial charge in [0.05, 0.1) is 16.1 Å². The zero-order chi connectivity index (χ0) is 21.4. The quantitative estimate of drug-likeness (QED) is 0.423. The van der Waals surface area contributed by atoms with E-state index in [1.165, 1.54) is 3.97 Å². The first kappa shape index (κ1) is 19.1. The molecule has 0 unspecified atom stereocenters. The fraction of sp³-hybridized carbons (Fsp3) is 0. The second kappa shape index (κ2) is 7.41. The molecule has 5 rings (SSSR count). The van der Waals surface area contributed by atoms with Gasteiger partial charge in [-0.2, -0.15) is 0 Å². The van der Waals surface area contributed by atoms with E-state index in [2.05, 4.69) is 4.98 Å². The highest BCUT2D eigenvalue weighted by atomic mass is 32.2. The number of hydrogen-bond donors (Lipinski definition) is 1. The van der Waals surface area contributed by atoms with Crippen LogP contribution in [0.4, 0.5) is 0 Å². The molecule has 0 amide bonds. The minimum Gasteiger partial charge on any atom is -0.508 e. The molecule has 0 saturated heterocycles. The first-order valence-electron chi connectivity index (χ1n) is 9.70. The number of fused-ring (bicyclic) bond motifs is 1. The minimum atomic E-state index is -3.83. The van der Waals surface area contributed by atoms with E-state index >= 15 is 0 Å². The summed E-state index contributed by atoms with van der Waals surface area (Å²) in [6.45, 7) is 0. The number of phenolic OH excluding ortho intramolecular Hbond substituents is 1. The van der Waals surface area contributed by atoms with Crippen LogP contribution in [0.5, 0.6) is 5.75 Å².